The molecule has 4 rings (SSSR count). The minimum Gasteiger partial charge on any atom is -0.480 e. The van der Waals surface area contributed by atoms with Crippen molar-refractivity contribution in [3.63, 3.8) is 0 Å². The fourth-order valence-corrected chi connectivity index (χ4v) is 4.71. The number of aromatic nitrogens is 1. The zero-order valence-corrected chi connectivity index (χ0v) is 16.9. The van der Waals surface area contributed by atoms with Gasteiger partial charge >= 0.3 is 12.0 Å². The number of rotatable bonds is 6. The molecule has 1 aromatic carbocycles. The Bertz CT molecular complexity index is 841. The van der Waals surface area contributed by atoms with Crippen LogP contribution in [0.2, 0.25) is 0 Å². The lowest BCUT2D eigenvalue weighted by Crippen LogP contribution is -2.57. The summed E-state index contributed by atoms with van der Waals surface area (Å²) in [5, 5.41) is 13.4. The van der Waals surface area contributed by atoms with E-state index >= 15 is 0 Å². The Labute approximate surface area is 171 Å². The highest BCUT2D eigenvalue weighted by Gasteiger charge is 2.37. The molecule has 2 aromatic rings. The van der Waals surface area contributed by atoms with Gasteiger partial charge in [-0.3, -0.25) is 9.69 Å². The first kappa shape index (κ1) is 19.8. The Morgan fingerprint density at radius 2 is 2.07 bits per heavy atom. The van der Waals surface area contributed by atoms with Gasteiger partial charge in [0.05, 0.1) is 12.6 Å². The average molecular weight is 399 g/mol. The molecule has 1 aliphatic carbocycles. The molecule has 1 saturated heterocycles. The van der Waals surface area contributed by atoms with Crippen molar-refractivity contribution in [2.45, 2.75) is 57.2 Å². The van der Waals surface area contributed by atoms with Crippen LogP contribution in [0.15, 0.2) is 30.3 Å². The number of urea groups is 1. The number of aliphatic carboxylic acids is 1. The van der Waals surface area contributed by atoms with Gasteiger partial charge in [0, 0.05) is 29.8 Å². The van der Waals surface area contributed by atoms with Crippen molar-refractivity contribution in [3.05, 3.63) is 36.0 Å². The van der Waals surface area contributed by atoms with E-state index in [9.17, 15) is 9.59 Å². The molecule has 0 spiro atoms. The summed E-state index contributed by atoms with van der Waals surface area (Å²) in [6.07, 6.45) is 4.75. The van der Waals surface area contributed by atoms with Gasteiger partial charge in [-0.15, -0.1) is 0 Å². The largest absolute Gasteiger partial charge is 0.480 e. The molecule has 7 heteroatoms. The third-order valence-electron chi connectivity index (χ3n) is 6.38. The van der Waals surface area contributed by atoms with Crippen LogP contribution >= 0.6 is 0 Å². The summed E-state index contributed by atoms with van der Waals surface area (Å²) in [5.41, 5.74) is 2.21. The van der Waals surface area contributed by atoms with Gasteiger partial charge in [-0.1, -0.05) is 25.1 Å². The number of aromatic amines is 1. The van der Waals surface area contributed by atoms with Gasteiger partial charge in [0.2, 0.25) is 0 Å². The summed E-state index contributed by atoms with van der Waals surface area (Å²) in [4.78, 5) is 31.4. The molecule has 156 valence electrons. The number of nitrogens with one attached hydrogen (secondary N) is 2. The van der Waals surface area contributed by atoms with Gasteiger partial charge in [0.1, 0.15) is 0 Å². The molecule has 1 aliphatic heterocycles. The van der Waals surface area contributed by atoms with E-state index in [2.05, 4.69) is 28.5 Å². The number of likely N-dealkylation sites (tertiary alicyclic amines) is 1. The van der Waals surface area contributed by atoms with Crippen molar-refractivity contribution < 1.29 is 14.7 Å². The zero-order valence-electron chi connectivity index (χ0n) is 16.9. The summed E-state index contributed by atoms with van der Waals surface area (Å²) in [7, 11) is 0. The van der Waals surface area contributed by atoms with E-state index in [1.54, 1.807) is 0 Å². The molecule has 2 fully saturated rings. The number of para-hydroxylation sites is 1. The van der Waals surface area contributed by atoms with E-state index in [1.807, 2.05) is 28.9 Å². The maximum absolute atomic E-state index is 13.0. The van der Waals surface area contributed by atoms with E-state index < -0.39 is 5.97 Å². The van der Waals surface area contributed by atoms with Gasteiger partial charge < -0.3 is 20.3 Å². The minimum absolute atomic E-state index is 0.00177. The highest BCUT2D eigenvalue weighted by molar-refractivity contribution is 5.81. The van der Waals surface area contributed by atoms with Crippen LogP contribution in [0.5, 0.6) is 0 Å². The molecule has 7 nitrogen and oxygen atoms in total. The lowest BCUT2D eigenvalue weighted by Gasteiger charge is -2.44. The number of carboxylic acid groups (broad SMARTS) is 1. The number of carbonyl (C=O) groups excluding carboxylic acids is 1. The minimum atomic E-state index is -0.797. The molecule has 2 aliphatic rings. The number of H-pyrrole nitrogens is 1. The van der Waals surface area contributed by atoms with Crippen LogP contribution in [0.3, 0.4) is 0 Å². The molecule has 1 atom stereocenters. The number of carboxylic acids is 1. The van der Waals surface area contributed by atoms with E-state index in [-0.39, 0.29) is 30.7 Å². The molecule has 29 heavy (non-hydrogen) atoms. The average Bonchev–Trinajstić information content (AvgIpc) is 3.12. The van der Waals surface area contributed by atoms with Gasteiger partial charge in [0.15, 0.2) is 0 Å². The van der Waals surface area contributed by atoms with Crippen molar-refractivity contribution in [2.75, 3.05) is 19.6 Å². The van der Waals surface area contributed by atoms with Crippen LogP contribution in [0, 0.1) is 0 Å². The molecule has 0 radical (unpaired) electrons. The topological polar surface area (TPSA) is 88.7 Å². The van der Waals surface area contributed by atoms with E-state index in [4.69, 9.17) is 5.11 Å². The molecule has 3 N–H and O–H groups in total. The van der Waals surface area contributed by atoms with Gasteiger partial charge in [-0.25, -0.2) is 4.79 Å². The lowest BCUT2D eigenvalue weighted by atomic mass is 9.85. The SMILES string of the molecule is CCN(CC(=O)O)C1CC(NC(=O)N2CCCCC2c2cc3ccccc3[nH]2)C1. The van der Waals surface area contributed by atoms with Gasteiger partial charge in [0.25, 0.3) is 0 Å². The molecular formula is C22H30N4O3. The Hall–Kier alpha value is -2.54. The number of benzene rings is 1. The lowest BCUT2D eigenvalue weighted by molar-refractivity contribution is -0.139. The predicted molar refractivity (Wildman–Crippen MR) is 112 cm³/mol. The number of amides is 2. The summed E-state index contributed by atoms with van der Waals surface area (Å²) >= 11 is 0. The highest BCUT2D eigenvalue weighted by Crippen LogP contribution is 2.33. The summed E-state index contributed by atoms with van der Waals surface area (Å²) in [6, 6.07) is 10.8. The van der Waals surface area contributed by atoms with Crippen molar-refractivity contribution in [1.82, 2.24) is 20.1 Å². The highest BCUT2D eigenvalue weighted by atomic mass is 16.4. The molecular weight excluding hydrogens is 368 g/mol. The number of nitrogens with zero attached hydrogens (tertiary/aromatic N) is 2. The monoisotopic (exact) mass is 398 g/mol. The fourth-order valence-electron chi connectivity index (χ4n) is 4.71. The first-order valence-electron chi connectivity index (χ1n) is 10.7. The Morgan fingerprint density at radius 3 is 2.79 bits per heavy atom. The summed E-state index contributed by atoms with van der Waals surface area (Å²) < 4.78 is 0. The number of fused-ring (bicyclic) bond motifs is 1. The van der Waals surface area contributed by atoms with E-state index in [0.717, 1.165) is 49.9 Å². The Kier molecular flexibility index (Phi) is 5.76. The zero-order chi connectivity index (χ0) is 20.4. The van der Waals surface area contributed by atoms with Crippen molar-refractivity contribution in [1.29, 1.82) is 0 Å². The first-order valence-corrected chi connectivity index (χ1v) is 10.7. The summed E-state index contributed by atoms with van der Waals surface area (Å²) in [5.74, 6) is -0.797. The third kappa shape index (κ3) is 4.24. The van der Waals surface area contributed by atoms with Crippen LogP contribution in [0.25, 0.3) is 10.9 Å². The van der Waals surface area contributed by atoms with Crippen LogP contribution in [-0.4, -0.2) is 63.6 Å². The summed E-state index contributed by atoms with van der Waals surface area (Å²) in [6.45, 7) is 3.53. The number of hydrogen-bond donors (Lipinski definition) is 3. The molecule has 1 aromatic heterocycles. The molecule has 2 amide bonds. The van der Waals surface area contributed by atoms with E-state index in [0.29, 0.717) is 6.54 Å². The second-order valence-corrected chi connectivity index (χ2v) is 8.25. The van der Waals surface area contributed by atoms with Crippen LogP contribution in [0.1, 0.15) is 50.8 Å². The molecule has 0 bridgehead atoms. The Balaban J connectivity index is 1.38. The molecule has 2 heterocycles. The van der Waals surface area contributed by atoms with E-state index in [1.165, 1.54) is 5.39 Å². The number of carbonyl (C=O) groups is 2. The predicted octanol–water partition coefficient (Wildman–Crippen LogP) is 3.34. The van der Waals surface area contributed by atoms with Crippen molar-refractivity contribution >= 4 is 22.9 Å². The third-order valence-corrected chi connectivity index (χ3v) is 6.38. The van der Waals surface area contributed by atoms with Gasteiger partial charge in [-0.05, 0) is 56.2 Å². The second-order valence-electron chi connectivity index (χ2n) is 8.25. The first-order chi connectivity index (χ1) is 14.0. The quantitative estimate of drug-likeness (QED) is 0.696. The smallest absolute Gasteiger partial charge is 0.318 e. The Morgan fingerprint density at radius 1 is 1.28 bits per heavy atom. The molecule has 1 saturated carbocycles. The fraction of sp³-hybridized carbons (Fsp3) is 0.545. The normalized spacial score (nSPS) is 24.5. The number of piperidine rings is 1. The standard InChI is InChI=1S/C22H30N4O3/c1-2-25(14-21(27)28)17-12-16(13-17)23-22(29)26-10-6-5-9-20(26)19-11-15-7-3-4-8-18(15)24-19/h3-4,7-8,11,16-17,20,24H,2,5-6,9-10,12-14H2,1H3,(H,23,29)(H,27,28). The maximum atomic E-state index is 13.0. The van der Waals surface area contributed by atoms with Crippen molar-refractivity contribution in [3.8, 4) is 0 Å². The maximum Gasteiger partial charge on any atom is 0.318 e. The van der Waals surface area contributed by atoms with Crippen LogP contribution in [-0.2, 0) is 4.79 Å². The second kappa shape index (κ2) is 8.45. The van der Waals surface area contributed by atoms with Crippen molar-refractivity contribution in [2.24, 2.45) is 0 Å². The molecule has 1 unspecified atom stereocenters. The van der Waals surface area contributed by atoms with Gasteiger partial charge in [-0.2, -0.15) is 0 Å². The number of likely N-dealkylation sites (N-methyl/N-ethyl adjacent to an activating group) is 1. The van der Waals surface area contributed by atoms with Crippen LogP contribution < -0.4 is 5.32 Å². The van der Waals surface area contributed by atoms with Crippen LogP contribution in [0.4, 0.5) is 4.79 Å². The number of hydrogen-bond acceptors (Lipinski definition) is 3.